The molecule has 1 N–H and O–H groups in total. The summed E-state index contributed by atoms with van der Waals surface area (Å²) in [5.41, 5.74) is 0.500. The van der Waals surface area contributed by atoms with E-state index in [1.165, 1.54) is 4.88 Å². The van der Waals surface area contributed by atoms with Gasteiger partial charge in [0.05, 0.1) is 22.2 Å². The topological polar surface area (TPSA) is 53.4 Å². The Labute approximate surface area is 112 Å². The van der Waals surface area contributed by atoms with Crippen LogP contribution >= 0.6 is 11.3 Å². The molecule has 1 saturated heterocycles. The van der Waals surface area contributed by atoms with E-state index in [1.807, 2.05) is 13.8 Å². The molecule has 0 aromatic carbocycles. The molecule has 5 heteroatoms. The Kier molecular flexibility index (Phi) is 3.47. The molecule has 1 aromatic rings. The molecule has 1 aliphatic heterocycles. The van der Waals surface area contributed by atoms with Crippen LogP contribution in [0, 0.1) is 19.3 Å². The molecule has 1 aliphatic rings. The van der Waals surface area contributed by atoms with Gasteiger partial charge in [-0.1, -0.05) is 0 Å². The van der Waals surface area contributed by atoms with Crippen molar-refractivity contribution >= 4 is 17.3 Å². The third-order valence-corrected chi connectivity index (χ3v) is 4.80. The maximum Gasteiger partial charge on any atom is 0.310 e. The molecule has 0 aliphatic carbocycles. The van der Waals surface area contributed by atoms with Crippen LogP contribution < -0.4 is 0 Å². The molecule has 1 aromatic heterocycles. The fraction of sp³-hybridized carbons (Fsp3) is 0.692. The molecule has 0 spiro atoms. The summed E-state index contributed by atoms with van der Waals surface area (Å²) in [6.07, 6.45) is 0.717. The zero-order valence-corrected chi connectivity index (χ0v) is 12.2. The van der Waals surface area contributed by atoms with Crippen molar-refractivity contribution in [3.8, 4) is 0 Å². The van der Waals surface area contributed by atoms with Crippen LogP contribution in [-0.4, -0.2) is 34.0 Å². The van der Waals surface area contributed by atoms with Crippen molar-refractivity contribution in [1.29, 1.82) is 0 Å². The molecule has 0 amide bonds. The van der Waals surface area contributed by atoms with E-state index in [4.69, 9.17) is 0 Å². The molecule has 18 heavy (non-hydrogen) atoms. The van der Waals surface area contributed by atoms with Crippen molar-refractivity contribution in [2.45, 2.75) is 40.2 Å². The predicted octanol–water partition coefficient (Wildman–Crippen LogP) is 2.62. The van der Waals surface area contributed by atoms with E-state index in [1.54, 1.807) is 11.3 Å². The average molecular weight is 268 g/mol. The Hall–Kier alpha value is -0.940. The second kappa shape index (κ2) is 4.63. The first-order valence-electron chi connectivity index (χ1n) is 6.25. The van der Waals surface area contributed by atoms with E-state index in [0.29, 0.717) is 6.54 Å². The maximum absolute atomic E-state index is 11.3. The lowest BCUT2D eigenvalue weighted by atomic mass is 9.90. The second-order valence-corrected chi connectivity index (χ2v) is 6.84. The van der Waals surface area contributed by atoms with Crippen LogP contribution in [0.15, 0.2) is 0 Å². The number of aryl methyl sites for hydroxylation is 2. The Morgan fingerprint density at radius 3 is 2.67 bits per heavy atom. The van der Waals surface area contributed by atoms with E-state index < -0.39 is 11.4 Å². The second-order valence-electron chi connectivity index (χ2n) is 5.44. The van der Waals surface area contributed by atoms with Crippen LogP contribution in [-0.2, 0) is 4.79 Å². The van der Waals surface area contributed by atoms with Gasteiger partial charge < -0.3 is 5.11 Å². The summed E-state index contributed by atoms with van der Waals surface area (Å²) < 4.78 is 0. The minimum atomic E-state index is -0.691. The number of thiazole rings is 1. The van der Waals surface area contributed by atoms with Crippen molar-refractivity contribution < 1.29 is 9.90 Å². The third kappa shape index (κ3) is 2.29. The van der Waals surface area contributed by atoms with Crippen LogP contribution in [0.2, 0.25) is 0 Å². The summed E-state index contributed by atoms with van der Waals surface area (Å²) in [5.74, 6) is -0.691. The number of carbonyl (C=O) groups is 1. The lowest BCUT2D eigenvalue weighted by molar-refractivity contribution is -0.147. The minimum Gasteiger partial charge on any atom is -0.481 e. The number of carboxylic acid groups (broad SMARTS) is 1. The average Bonchev–Trinajstić information content (AvgIpc) is 2.82. The van der Waals surface area contributed by atoms with E-state index in [9.17, 15) is 9.90 Å². The number of aromatic nitrogens is 1. The zero-order valence-electron chi connectivity index (χ0n) is 11.4. The van der Waals surface area contributed by atoms with Gasteiger partial charge >= 0.3 is 5.97 Å². The number of nitrogens with zero attached hydrogens (tertiary/aromatic N) is 2. The van der Waals surface area contributed by atoms with Crippen molar-refractivity contribution in [3.63, 3.8) is 0 Å². The predicted molar refractivity (Wildman–Crippen MR) is 71.9 cm³/mol. The quantitative estimate of drug-likeness (QED) is 0.915. The minimum absolute atomic E-state index is 0.205. The molecule has 100 valence electrons. The van der Waals surface area contributed by atoms with Crippen molar-refractivity contribution in [1.82, 2.24) is 9.88 Å². The van der Waals surface area contributed by atoms with Crippen molar-refractivity contribution in [2.75, 3.05) is 13.1 Å². The van der Waals surface area contributed by atoms with E-state index in [2.05, 4.69) is 23.7 Å². The fourth-order valence-electron chi connectivity index (χ4n) is 2.61. The van der Waals surface area contributed by atoms with Crippen LogP contribution in [0.25, 0.3) is 0 Å². The van der Waals surface area contributed by atoms with E-state index in [0.717, 1.165) is 23.7 Å². The molecule has 0 radical (unpaired) electrons. The highest BCUT2D eigenvalue weighted by Crippen LogP contribution is 2.36. The molecule has 1 fully saturated rings. The first-order valence-corrected chi connectivity index (χ1v) is 7.06. The SMILES string of the molecule is Cc1nc(C(C)N2CCC(C)(C(=O)O)C2)c(C)s1. The van der Waals surface area contributed by atoms with Gasteiger partial charge in [0, 0.05) is 11.4 Å². The summed E-state index contributed by atoms with van der Waals surface area (Å²) in [7, 11) is 0. The largest absolute Gasteiger partial charge is 0.481 e. The van der Waals surface area contributed by atoms with Gasteiger partial charge in [-0.3, -0.25) is 9.69 Å². The monoisotopic (exact) mass is 268 g/mol. The summed E-state index contributed by atoms with van der Waals surface area (Å²) in [4.78, 5) is 19.3. The highest BCUT2D eigenvalue weighted by atomic mass is 32.1. The Bertz CT molecular complexity index is 472. The van der Waals surface area contributed by atoms with Gasteiger partial charge in [-0.2, -0.15) is 0 Å². The molecule has 2 unspecified atom stereocenters. The lowest BCUT2D eigenvalue weighted by Crippen LogP contribution is -2.33. The number of rotatable bonds is 3. The van der Waals surface area contributed by atoms with Gasteiger partial charge in [0.1, 0.15) is 0 Å². The number of carboxylic acids is 1. The van der Waals surface area contributed by atoms with Crippen molar-refractivity contribution in [3.05, 3.63) is 15.6 Å². The summed E-state index contributed by atoms with van der Waals surface area (Å²) in [6.45, 7) is 9.50. The Balaban J connectivity index is 2.15. The number of hydrogen-bond acceptors (Lipinski definition) is 4. The normalized spacial score (nSPS) is 26.4. The summed E-state index contributed by atoms with van der Waals surface area (Å²) in [5, 5.41) is 10.3. The number of aliphatic carboxylic acids is 1. The first-order chi connectivity index (χ1) is 8.33. The molecule has 0 bridgehead atoms. The first kappa shape index (κ1) is 13.5. The lowest BCUT2D eigenvalue weighted by Gasteiger charge is -2.25. The number of likely N-dealkylation sites (tertiary alicyclic amines) is 1. The van der Waals surface area contributed by atoms with Gasteiger partial charge in [-0.05, 0) is 40.7 Å². The highest BCUT2D eigenvalue weighted by Gasteiger charge is 2.42. The Morgan fingerprint density at radius 1 is 1.56 bits per heavy atom. The summed E-state index contributed by atoms with van der Waals surface area (Å²) in [6, 6.07) is 0.205. The van der Waals surface area contributed by atoms with Gasteiger partial charge in [0.2, 0.25) is 0 Å². The number of hydrogen-bond donors (Lipinski definition) is 1. The van der Waals surface area contributed by atoms with Crippen LogP contribution in [0.5, 0.6) is 0 Å². The molecule has 4 nitrogen and oxygen atoms in total. The van der Waals surface area contributed by atoms with Gasteiger partial charge in [0.25, 0.3) is 0 Å². The van der Waals surface area contributed by atoms with Gasteiger partial charge in [0.15, 0.2) is 0 Å². The molecule has 2 atom stereocenters. The van der Waals surface area contributed by atoms with Crippen LogP contribution in [0.3, 0.4) is 0 Å². The zero-order chi connectivity index (χ0) is 13.5. The molecular weight excluding hydrogens is 248 g/mol. The molecular formula is C13H20N2O2S. The van der Waals surface area contributed by atoms with Crippen LogP contribution in [0.4, 0.5) is 0 Å². The fourth-order valence-corrected chi connectivity index (χ4v) is 3.52. The maximum atomic E-state index is 11.3. The van der Waals surface area contributed by atoms with Gasteiger partial charge in [-0.25, -0.2) is 4.98 Å². The smallest absolute Gasteiger partial charge is 0.310 e. The van der Waals surface area contributed by atoms with E-state index >= 15 is 0 Å². The van der Waals surface area contributed by atoms with E-state index in [-0.39, 0.29) is 6.04 Å². The highest BCUT2D eigenvalue weighted by molar-refractivity contribution is 7.11. The Morgan fingerprint density at radius 2 is 2.22 bits per heavy atom. The molecule has 2 heterocycles. The molecule has 2 rings (SSSR count). The summed E-state index contributed by atoms with van der Waals surface area (Å²) >= 11 is 1.71. The standard InChI is InChI=1S/C13H20N2O2S/c1-8(11-9(2)18-10(3)14-11)15-6-5-13(4,7-15)12(16)17/h8H,5-7H2,1-4H3,(H,16,17). The van der Waals surface area contributed by atoms with Gasteiger partial charge in [-0.15, -0.1) is 11.3 Å². The van der Waals surface area contributed by atoms with Crippen molar-refractivity contribution in [2.24, 2.45) is 5.41 Å². The molecule has 0 saturated carbocycles. The van der Waals surface area contributed by atoms with Crippen LogP contribution in [0.1, 0.15) is 41.9 Å². The third-order valence-electron chi connectivity index (χ3n) is 3.90.